The van der Waals surface area contributed by atoms with Gasteiger partial charge >= 0.3 is 12.0 Å². The fourth-order valence-corrected chi connectivity index (χ4v) is 1.53. The van der Waals surface area contributed by atoms with E-state index in [9.17, 15) is 18.0 Å². The van der Waals surface area contributed by atoms with Crippen LogP contribution in [-0.2, 0) is 19.6 Å². The Morgan fingerprint density at radius 2 is 1.79 bits per heavy atom. The number of carbonyl (C=O) groups excluding carboxylic acids is 2. The summed E-state index contributed by atoms with van der Waals surface area (Å²) in [5.74, 6) is -0.917. The maximum absolute atomic E-state index is 11.2. The Balaban J connectivity index is 3.45. The molecule has 0 spiro atoms. The second-order valence-electron chi connectivity index (χ2n) is 3.55. The normalized spacial score (nSPS) is 10.6. The van der Waals surface area contributed by atoms with E-state index in [1.165, 1.54) is 0 Å². The monoisotopic (exact) mass is 294 g/mol. The summed E-state index contributed by atoms with van der Waals surface area (Å²) in [5, 5.41) is 4.91. The van der Waals surface area contributed by atoms with Gasteiger partial charge in [0.05, 0.1) is 12.4 Å². The van der Waals surface area contributed by atoms with Crippen LogP contribution in [0.4, 0.5) is 4.79 Å². The lowest BCUT2D eigenvalue weighted by Crippen LogP contribution is -2.37. The Morgan fingerprint density at radius 3 is 2.32 bits per heavy atom. The first-order chi connectivity index (χ1) is 8.85. The molecule has 0 aliphatic rings. The van der Waals surface area contributed by atoms with Gasteiger partial charge in [-0.15, -0.1) is 0 Å². The molecule has 0 saturated carbocycles. The second kappa shape index (κ2) is 9.34. The molecule has 0 aliphatic carbocycles. The predicted octanol–water partition coefficient (Wildman–Crippen LogP) is -0.317. The predicted molar refractivity (Wildman–Crippen MR) is 68.2 cm³/mol. The van der Waals surface area contributed by atoms with Gasteiger partial charge in [0.15, 0.2) is 0 Å². The average Bonchev–Trinajstić information content (AvgIpc) is 2.32. The number of esters is 1. The van der Waals surface area contributed by atoms with E-state index in [1.807, 2.05) is 0 Å². The Morgan fingerprint density at radius 1 is 1.21 bits per heavy atom. The molecule has 0 atom stereocenters. The highest BCUT2D eigenvalue weighted by atomic mass is 32.2. The minimum atomic E-state index is -3.99. The molecule has 0 aromatic rings. The smallest absolute Gasteiger partial charge is 0.330 e. The highest BCUT2D eigenvalue weighted by Crippen LogP contribution is 1.87. The van der Waals surface area contributed by atoms with Crippen LogP contribution >= 0.6 is 0 Å². The van der Waals surface area contributed by atoms with Crippen molar-refractivity contribution in [3.8, 4) is 0 Å². The fourth-order valence-electron chi connectivity index (χ4n) is 1.02. The van der Waals surface area contributed by atoms with Crippen LogP contribution in [0.5, 0.6) is 0 Å². The highest BCUT2D eigenvalue weighted by molar-refractivity contribution is 7.85. The number of rotatable bonds is 9. The molecule has 0 heterocycles. The fraction of sp³-hybridized carbons (Fsp3) is 0.600. The molecule has 0 radical (unpaired) electrons. The summed E-state index contributed by atoms with van der Waals surface area (Å²) in [7, 11) is -3.99. The van der Waals surface area contributed by atoms with Crippen LogP contribution in [0, 0.1) is 0 Å². The van der Waals surface area contributed by atoms with Crippen molar-refractivity contribution in [2.75, 3.05) is 25.4 Å². The van der Waals surface area contributed by atoms with E-state index < -0.39 is 27.9 Å². The van der Waals surface area contributed by atoms with Gasteiger partial charge in [-0.2, -0.15) is 8.42 Å². The van der Waals surface area contributed by atoms with Crippen LogP contribution in [-0.4, -0.2) is 50.4 Å². The summed E-state index contributed by atoms with van der Waals surface area (Å²) in [5.41, 5.74) is 0. The zero-order valence-electron chi connectivity index (χ0n) is 10.4. The molecule has 0 aromatic heterocycles. The minimum Gasteiger partial charge on any atom is -0.462 e. The molecule has 8 nitrogen and oxygen atoms in total. The quantitative estimate of drug-likeness (QED) is 0.232. The van der Waals surface area contributed by atoms with Gasteiger partial charge in [0.1, 0.15) is 0 Å². The molecular weight excluding hydrogens is 276 g/mol. The molecule has 0 saturated heterocycles. The van der Waals surface area contributed by atoms with Crippen molar-refractivity contribution in [1.29, 1.82) is 0 Å². The van der Waals surface area contributed by atoms with Crippen molar-refractivity contribution in [3.63, 3.8) is 0 Å². The van der Waals surface area contributed by atoms with Crippen LogP contribution < -0.4 is 10.6 Å². The Labute approximate surface area is 111 Å². The lowest BCUT2D eigenvalue weighted by molar-refractivity contribution is -0.137. The van der Waals surface area contributed by atoms with Crippen molar-refractivity contribution >= 4 is 22.1 Å². The van der Waals surface area contributed by atoms with Crippen LogP contribution in [0.2, 0.25) is 0 Å². The molecule has 9 heteroatoms. The van der Waals surface area contributed by atoms with Crippen molar-refractivity contribution < 1.29 is 27.3 Å². The van der Waals surface area contributed by atoms with Crippen LogP contribution in [0.15, 0.2) is 12.7 Å². The second-order valence-corrected chi connectivity index (χ2v) is 5.12. The van der Waals surface area contributed by atoms with Crippen molar-refractivity contribution in [2.24, 2.45) is 0 Å². The summed E-state index contributed by atoms with van der Waals surface area (Å²) in [4.78, 5) is 21.8. The number of urea groups is 1. The van der Waals surface area contributed by atoms with Crippen molar-refractivity contribution in [3.05, 3.63) is 12.7 Å². The number of hydrogen-bond acceptors (Lipinski definition) is 5. The van der Waals surface area contributed by atoms with Gasteiger partial charge in [-0.05, 0) is 12.8 Å². The molecule has 0 rings (SSSR count). The zero-order chi connectivity index (χ0) is 14.7. The van der Waals surface area contributed by atoms with Crippen molar-refractivity contribution in [2.45, 2.75) is 12.8 Å². The third-order valence-electron chi connectivity index (χ3n) is 1.88. The summed E-state index contributed by atoms with van der Waals surface area (Å²) >= 11 is 0. The molecule has 0 fully saturated rings. The van der Waals surface area contributed by atoms with Gasteiger partial charge in [0, 0.05) is 19.2 Å². The largest absolute Gasteiger partial charge is 0.462 e. The van der Waals surface area contributed by atoms with E-state index in [4.69, 9.17) is 4.55 Å². The van der Waals surface area contributed by atoms with Gasteiger partial charge in [-0.1, -0.05) is 6.58 Å². The topological polar surface area (TPSA) is 122 Å². The first-order valence-corrected chi connectivity index (χ1v) is 7.22. The van der Waals surface area contributed by atoms with E-state index in [0.717, 1.165) is 6.08 Å². The molecule has 110 valence electrons. The van der Waals surface area contributed by atoms with Gasteiger partial charge in [-0.25, -0.2) is 9.59 Å². The molecule has 0 aliphatic heterocycles. The summed E-state index contributed by atoms with van der Waals surface area (Å²) in [6, 6.07) is -0.453. The standard InChI is InChI=1S/C10H18N2O6S/c1-2-9(13)18-7-3-5-11-10(14)12-6-4-8-19(15,16)17/h2H,1,3-8H2,(H2,11,12,14)(H,15,16,17). The van der Waals surface area contributed by atoms with E-state index in [2.05, 4.69) is 21.9 Å². The third kappa shape index (κ3) is 12.6. The van der Waals surface area contributed by atoms with Crippen LogP contribution in [0.1, 0.15) is 12.8 Å². The van der Waals surface area contributed by atoms with E-state index in [1.54, 1.807) is 0 Å². The third-order valence-corrected chi connectivity index (χ3v) is 2.69. The Kier molecular flexibility index (Phi) is 8.55. The molecule has 0 aromatic carbocycles. The minimum absolute atomic E-state index is 0.128. The lowest BCUT2D eigenvalue weighted by atomic mass is 10.4. The summed E-state index contributed by atoms with van der Waals surface area (Å²) < 4.78 is 33.9. The SMILES string of the molecule is C=CC(=O)OCCCNC(=O)NCCCS(=O)(=O)O. The van der Waals surface area contributed by atoms with Gasteiger partial charge in [0.25, 0.3) is 10.1 Å². The molecule has 0 bridgehead atoms. The number of amides is 2. The van der Waals surface area contributed by atoms with Crippen molar-refractivity contribution in [1.82, 2.24) is 10.6 Å². The van der Waals surface area contributed by atoms with E-state index >= 15 is 0 Å². The Hall–Kier alpha value is -1.61. The number of ether oxygens (including phenoxy) is 1. The van der Waals surface area contributed by atoms with E-state index in [0.29, 0.717) is 13.0 Å². The molecule has 19 heavy (non-hydrogen) atoms. The Bertz CT molecular complexity index is 406. The maximum Gasteiger partial charge on any atom is 0.330 e. The van der Waals surface area contributed by atoms with Crippen LogP contribution in [0.3, 0.4) is 0 Å². The molecule has 3 N–H and O–H groups in total. The molecule has 0 unspecified atom stereocenters. The number of hydrogen-bond donors (Lipinski definition) is 3. The number of carbonyl (C=O) groups is 2. The lowest BCUT2D eigenvalue weighted by Gasteiger charge is -2.07. The summed E-state index contributed by atoms with van der Waals surface area (Å²) in [6.07, 6.45) is 1.64. The maximum atomic E-state index is 11.2. The van der Waals surface area contributed by atoms with Crippen LogP contribution in [0.25, 0.3) is 0 Å². The molecule has 2 amide bonds. The van der Waals surface area contributed by atoms with E-state index in [-0.39, 0.29) is 19.6 Å². The highest BCUT2D eigenvalue weighted by Gasteiger charge is 2.04. The first-order valence-electron chi connectivity index (χ1n) is 5.61. The van der Waals surface area contributed by atoms with Gasteiger partial charge in [0.2, 0.25) is 0 Å². The zero-order valence-corrected chi connectivity index (χ0v) is 11.2. The summed E-state index contributed by atoms with van der Waals surface area (Å²) in [6.45, 7) is 3.86. The molecular formula is C10H18N2O6S. The number of nitrogens with one attached hydrogen (secondary N) is 2. The van der Waals surface area contributed by atoms with Gasteiger partial charge in [-0.3, -0.25) is 4.55 Å². The average molecular weight is 294 g/mol. The van der Waals surface area contributed by atoms with Gasteiger partial charge < -0.3 is 15.4 Å². The first kappa shape index (κ1) is 17.4.